The van der Waals surface area contributed by atoms with E-state index in [-0.39, 0.29) is 0 Å². The molecule has 0 aliphatic carbocycles. The van der Waals surface area contributed by atoms with Gasteiger partial charge in [0.05, 0.1) is 0 Å². The van der Waals surface area contributed by atoms with Crippen LogP contribution < -0.4 is 0 Å². The first-order valence-electron chi connectivity index (χ1n) is 4.21. The van der Waals surface area contributed by atoms with E-state index >= 15 is 0 Å². The molecule has 0 saturated carbocycles. The lowest BCUT2D eigenvalue weighted by molar-refractivity contribution is 1.02. The van der Waals surface area contributed by atoms with Crippen LogP contribution in [-0.2, 0) is 0 Å². The standard InChI is InChI=1S/C10H18/c1-3-5-7-9-10-8-6-4-2/h5-8H,3-4,9-10H2,1-2H3/b7-5-,8-6-. The summed E-state index contributed by atoms with van der Waals surface area (Å²) in [4.78, 5) is 0. The molecule has 0 aromatic carbocycles. The normalized spacial score (nSPS) is 11.8. The van der Waals surface area contributed by atoms with Crippen molar-refractivity contribution < 1.29 is 0 Å². The summed E-state index contributed by atoms with van der Waals surface area (Å²) in [5.74, 6) is 0. The van der Waals surface area contributed by atoms with Gasteiger partial charge in [0.2, 0.25) is 0 Å². The smallest absolute Gasteiger partial charge is 0.0316 e. The molecule has 0 rings (SSSR count). The van der Waals surface area contributed by atoms with Gasteiger partial charge in [-0.1, -0.05) is 38.2 Å². The molecule has 0 atom stereocenters. The minimum atomic E-state index is 1.16. The van der Waals surface area contributed by atoms with Crippen LogP contribution in [0.15, 0.2) is 24.3 Å². The van der Waals surface area contributed by atoms with Crippen molar-refractivity contribution in [1.82, 2.24) is 0 Å². The van der Waals surface area contributed by atoms with Crippen LogP contribution in [0.3, 0.4) is 0 Å². The average molecular weight is 138 g/mol. The Bertz CT molecular complexity index is 84.6. The molecule has 0 aliphatic heterocycles. The molecule has 0 unspecified atom stereocenters. The molecule has 0 spiro atoms. The predicted octanol–water partition coefficient (Wildman–Crippen LogP) is 3.70. The van der Waals surface area contributed by atoms with E-state index in [1.54, 1.807) is 0 Å². The van der Waals surface area contributed by atoms with E-state index in [1.165, 1.54) is 12.8 Å². The van der Waals surface area contributed by atoms with E-state index < -0.39 is 0 Å². The van der Waals surface area contributed by atoms with Gasteiger partial charge in [0.1, 0.15) is 0 Å². The lowest BCUT2D eigenvalue weighted by Gasteiger charge is -1.84. The molecule has 0 heterocycles. The predicted molar refractivity (Wildman–Crippen MR) is 48.1 cm³/mol. The van der Waals surface area contributed by atoms with Gasteiger partial charge in [0, 0.05) is 0 Å². The number of hydrogen-bond acceptors (Lipinski definition) is 0. The highest BCUT2D eigenvalue weighted by molar-refractivity contribution is 4.86. The van der Waals surface area contributed by atoms with E-state index in [0.717, 1.165) is 12.8 Å². The zero-order chi connectivity index (χ0) is 7.66. The molecule has 10 heavy (non-hydrogen) atoms. The second kappa shape index (κ2) is 8.48. The van der Waals surface area contributed by atoms with Gasteiger partial charge < -0.3 is 0 Å². The van der Waals surface area contributed by atoms with Crippen molar-refractivity contribution in [3.63, 3.8) is 0 Å². The number of allylic oxidation sites excluding steroid dienone is 4. The topological polar surface area (TPSA) is 0 Å². The summed E-state index contributed by atoms with van der Waals surface area (Å²) < 4.78 is 0. The van der Waals surface area contributed by atoms with Gasteiger partial charge >= 0.3 is 0 Å². The molecule has 0 aromatic rings. The molecule has 0 heteroatoms. The third kappa shape index (κ3) is 7.48. The maximum absolute atomic E-state index is 2.25. The van der Waals surface area contributed by atoms with Crippen LogP contribution in [0.2, 0.25) is 0 Å². The molecule has 58 valence electrons. The van der Waals surface area contributed by atoms with E-state index in [1.807, 2.05) is 0 Å². The molecule has 0 N–H and O–H groups in total. The van der Waals surface area contributed by atoms with Crippen LogP contribution >= 0.6 is 0 Å². The van der Waals surface area contributed by atoms with Crippen molar-refractivity contribution >= 4 is 0 Å². The van der Waals surface area contributed by atoms with Gasteiger partial charge in [0.25, 0.3) is 0 Å². The maximum atomic E-state index is 2.25. The van der Waals surface area contributed by atoms with Gasteiger partial charge in [-0.25, -0.2) is 0 Å². The van der Waals surface area contributed by atoms with E-state index in [2.05, 4.69) is 38.2 Å². The van der Waals surface area contributed by atoms with Crippen LogP contribution in [0.5, 0.6) is 0 Å². The molecule has 0 amide bonds. The first kappa shape index (κ1) is 9.48. The van der Waals surface area contributed by atoms with Crippen molar-refractivity contribution in [2.45, 2.75) is 39.5 Å². The van der Waals surface area contributed by atoms with E-state index in [9.17, 15) is 0 Å². The lowest BCUT2D eigenvalue weighted by Crippen LogP contribution is -1.64. The zero-order valence-electron chi connectivity index (χ0n) is 7.14. The van der Waals surface area contributed by atoms with Crippen LogP contribution in [0, 0.1) is 0 Å². The van der Waals surface area contributed by atoms with E-state index in [0.29, 0.717) is 0 Å². The molecule has 0 radical (unpaired) electrons. The van der Waals surface area contributed by atoms with Gasteiger partial charge in [0.15, 0.2) is 0 Å². The van der Waals surface area contributed by atoms with Gasteiger partial charge in [-0.15, -0.1) is 0 Å². The van der Waals surface area contributed by atoms with Crippen molar-refractivity contribution in [2.75, 3.05) is 0 Å². The van der Waals surface area contributed by atoms with E-state index in [4.69, 9.17) is 0 Å². The first-order valence-corrected chi connectivity index (χ1v) is 4.21. The first-order chi connectivity index (χ1) is 4.91. The molecule has 0 saturated heterocycles. The summed E-state index contributed by atoms with van der Waals surface area (Å²) >= 11 is 0. The summed E-state index contributed by atoms with van der Waals surface area (Å²) in [5.41, 5.74) is 0. The van der Waals surface area contributed by atoms with Crippen molar-refractivity contribution in [3.05, 3.63) is 24.3 Å². The quantitative estimate of drug-likeness (QED) is 0.401. The second-order valence-electron chi connectivity index (χ2n) is 2.34. The van der Waals surface area contributed by atoms with Crippen molar-refractivity contribution in [3.8, 4) is 0 Å². The fourth-order valence-corrected chi connectivity index (χ4v) is 0.761. The van der Waals surface area contributed by atoms with Gasteiger partial charge in [-0.2, -0.15) is 0 Å². The van der Waals surface area contributed by atoms with Crippen LogP contribution in [0.1, 0.15) is 39.5 Å². The third-order valence-electron chi connectivity index (χ3n) is 1.30. The van der Waals surface area contributed by atoms with Crippen molar-refractivity contribution in [2.24, 2.45) is 0 Å². The Labute approximate surface area is 64.6 Å². The van der Waals surface area contributed by atoms with Gasteiger partial charge in [-0.05, 0) is 25.7 Å². The summed E-state index contributed by atoms with van der Waals surface area (Å²) in [6, 6.07) is 0. The minimum absolute atomic E-state index is 1.16. The zero-order valence-corrected chi connectivity index (χ0v) is 7.14. The van der Waals surface area contributed by atoms with Crippen LogP contribution in [0.4, 0.5) is 0 Å². The molecule has 0 aliphatic rings. The number of unbranched alkanes of at least 4 members (excludes halogenated alkanes) is 1. The molecule has 0 aromatic heterocycles. The van der Waals surface area contributed by atoms with Crippen molar-refractivity contribution in [1.29, 1.82) is 0 Å². The molecule has 0 nitrogen and oxygen atoms in total. The maximum Gasteiger partial charge on any atom is -0.0316 e. The Morgan fingerprint density at radius 3 is 1.40 bits per heavy atom. The Morgan fingerprint density at radius 1 is 0.700 bits per heavy atom. The Balaban J connectivity index is 3.04. The highest BCUT2D eigenvalue weighted by Crippen LogP contribution is 1.94. The van der Waals surface area contributed by atoms with Gasteiger partial charge in [-0.3, -0.25) is 0 Å². The number of rotatable bonds is 5. The Kier molecular flexibility index (Phi) is 8.04. The summed E-state index contributed by atoms with van der Waals surface area (Å²) in [7, 11) is 0. The molecular weight excluding hydrogens is 120 g/mol. The highest BCUT2D eigenvalue weighted by atomic mass is 13.8. The SMILES string of the molecule is CC/C=C\CC/C=C\CC. The summed E-state index contributed by atoms with van der Waals surface area (Å²) in [6.07, 6.45) is 13.7. The van der Waals surface area contributed by atoms with Crippen LogP contribution in [0.25, 0.3) is 0 Å². The average Bonchev–Trinajstić information content (AvgIpc) is 1.97. The number of hydrogen-bond donors (Lipinski definition) is 0. The summed E-state index contributed by atoms with van der Waals surface area (Å²) in [5, 5.41) is 0. The molecule has 0 bridgehead atoms. The monoisotopic (exact) mass is 138 g/mol. The third-order valence-corrected chi connectivity index (χ3v) is 1.30. The largest absolute Gasteiger partial charge is 0.0888 e. The second-order valence-corrected chi connectivity index (χ2v) is 2.34. The molecular formula is C10H18. The Hall–Kier alpha value is -0.520. The lowest BCUT2D eigenvalue weighted by atomic mass is 10.2. The summed E-state index contributed by atoms with van der Waals surface area (Å²) in [6.45, 7) is 4.33. The fourth-order valence-electron chi connectivity index (χ4n) is 0.761. The van der Waals surface area contributed by atoms with Crippen LogP contribution in [-0.4, -0.2) is 0 Å². The fraction of sp³-hybridized carbons (Fsp3) is 0.600. The minimum Gasteiger partial charge on any atom is -0.0888 e. The highest BCUT2D eigenvalue weighted by Gasteiger charge is 1.74. The molecule has 0 fully saturated rings. The Morgan fingerprint density at radius 2 is 1.10 bits per heavy atom.